The third kappa shape index (κ3) is 8.32. The summed E-state index contributed by atoms with van der Waals surface area (Å²) in [5.41, 5.74) is 0.700. The van der Waals surface area contributed by atoms with Crippen LogP contribution >= 0.6 is 0 Å². The van der Waals surface area contributed by atoms with E-state index in [1.807, 2.05) is 57.2 Å². The molecule has 22 heavy (non-hydrogen) atoms. The van der Waals surface area contributed by atoms with E-state index in [-0.39, 0.29) is 0 Å². The van der Waals surface area contributed by atoms with Crippen molar-refractivity contribution in [3.05, 3.63) is 42.0 Å². The molecule has 0 spiro atoms. The second-order valence-electron chi connectivity index (χ2n) is 5.84. The van der Waals surface area contributed by atoms with Gasteiger partial charge in [-0.3, -0.25) is 0 Å². The first kappa shape index (κ1) is 18.0. The number of alkyl carbamates (subject to hydrolysis) is 1. The highest BCUT2D eigenvalue weighted by molar-refractivity contribution is 5.67. The van der Waals surface area contributed by atoms with Crippen LogP contribution in [0.1, 0.15) is 26.3 Å². The number of carbonyl (C=O) groups excluding carboxylic acids is 1. The van der Waals surface area contributed by atoms with Gasteiger partial charge in [0.05, 0.1) is 7.11 Å². The summed E-state index contributed by atoms with van der Waals surface area (Å²) < 4.78 is 10.3. The van der Waals surface area contributed by atoms with Gasteiger partial charge in [0.2, 0.25) is 0 Å². The van der Waals surface area contributed by atoms with E-state index < -0.39 is 11.7 Å². The third-order valence-electron chi connectivity index (χ3n) is 2.66. The van der Waals surface area contributed by atoms with Crippen molar-refractivity contribution in [3.8, 4) is 5.75 Å². The van der Waals surface area contributed by atoms with Crippen LogP contribution in [0.5, 0.6) is 5.75 Å². The van der Waals surface area contributed by atoms with Crippen molar-refractivity contribution >= 4 is 6.09 Å². The van der Waals surface area contributed by atoms with Crippen LogP contribution in [0.4, 0.5) is 4.79 Å². The van der Waals surface area contributed by atoms with Crippen LogP contribution in [0, 0.1) is 0 Å². The molecule has 1 aromatic carbocycles. The van der Waals surface area contributed by atoms with Gasteiger partial charge in [0.15, 0.2) is 0 Å². The molecule has 0 bridgehead atoms. The lowest BCUT2D eigenvalue weighted by Crippen LogP contribution is -2.32. The van der Waals surface area contributed by atoms with Gasteiger partial charge in [-0.15, -0.1) is 0 Å². The van der Waals surface area contributed by atoms with E-state index in [9.17, 15) is 4.79 Å². The molecule has 1 aromatic rings. The number of amides is 1. The van der Waals surface area contributed by atoms with Gasteiger partial charge in [-0.05, 0) is 38.5 Å². The summed E-state index contributed by atoms with van der Waals surface area (Å²) in [6.45, 7) is 7.46. The van der Waals surface area contributed by atoms with Crippen LogP contribution in [-0.4, -0.2) is 31.9 Å². The van der Waals surface area contributed by atoms with Crippen molar-refractivity contribution in [2.75, 3.05) is 20.2 Å². The van der Waals surface area contributed by atoms with Crippen LogP contribution in [-0.2, 0) is 11.3 Å². The second-order valence-corrected chi connectivity index (χ2v) is 5.84. The standard InChI is InChI=1S/C17H26N2O3/c1-17(2,3)22-16(20)19-11-6-5-10-18-13-14-8-7-9-15(12-14)21-4/h5-9,12,18H,10-11,13H2,1-4H3,(H,19,20)/b6-5+. The Morgan fingerprint density at radius 3 is 2.64 bits per heavy atom. The van der Waals surface area contributed by atoms with Crippen molar-refractivity contribution in [2.24, 2.45) is 0 Å². The molecule has 0 aromatic heterocycles. The Bertz CT molecular complexity index is 493. The summed E-state index contributed by atoms with van der Waals surface area (Å²) in [5, 5.41) is 5.96. The Balaban J connectivity index is 2.15. The summed E-state index contributed by atoms with van der Waals surface area (Å²) in [6, 6.07) is 7.94. The van der Waals surface area contributed by atoms with Crippen LogP contribution in [0.3, 0.4) is 0 Å². The van der Waals surface area contributed by atoms with Crippen molar-refractivity contribution in [3.63, 3.8) is 0 Å². The van der Waals surface area contributed by atoms with Crippen LogP contribution < -0.4 is 15.4 Å². The molecule has 0 fully saturated rings. The van der Waals surface area contributed by atoms with E-state index in [0.717, 1.165) is 18.8 Å². The van der Waals surface area contributed by atoms with E-state index in [2.05, 4.69) is 10.6 Å². The molecule has 0 saturated carbocycles. The molecule has 5 nitrogen and oxygen atoms in total. The Hall–Kier alpha value is -2.01. The van der Waals surface area contributed by atoms with Crippen molar-refractivity contribution in [1.82, 2.24) is 10.6 Å². The van der Waals surface area contributed by atoms with E-state index in [1.54, 1.807) is 7.11 Å². The van der Waals surface area contributed by atoms with Gasteiger partial charge >= 0.3 is 6.09 Å². The van der Waals surface area contributed by atoms with Gasteiger partial charge in [-0.25, -0.2) is 4.79 Å². The molecule has 2 N–H and O–H groups in total. The molecule has 0 radical (unpaired) electrons. The quantitative estimate of drug-likeness (QED) is 0.601. The number of ether oxygens (including phenoxy) is 2. The zero-order chi connectivity index (χ0) is 16.4. The molecule has 0 aliphatic rings. The summed E-state index contributed by atoms with van der Waals surface area (Å²) in [5.74, 6) is 0.858. The second kappa shape index (κ2) is 9.10. The van der Waals surface area contributed by atoms with E-state index in [4.69, 9.17) is 9.47 Å². The fourth-order valence-corrected chi connectivity index (χ4v) is 1.71. The number of hydrogen-bond acceptors (Lipinski definition) is 4. The zero-order valence-electron chi connectivity index (χ0n) is 13.8. The lowest BCUT2D eigenvalue weighted by Gasteiger charge is -2.19. The zero-order valence-corrected chi connectivity index (χ0v) is 13.8. The summed E-state index contributed by atoms with van der Waals surface area (Å²) in [7, 11) is 1.66. The summed E-state index contributed by atoms with van der Waals surface area (Å²) in [6.07, 6.45) is 3.46. The van der Waals surface area contributed by atoms with Crippen molar-refractivity contribution in [1.29, 1.82) is 0 Å². The van der Waals surface area contributed by atoms with Gasteiger partial charge in [-0.2, -0.15) is 0 Å². The maximum Gasteiger partial charge on any atom is 0.407 e. The number of nitrogens with one attached hydrogen (secondary N) is 2. The lowest BCUT2D eigenvalue weighted by molar-refractivity contribution is 0.0534. The van der Waals surface area contributed by atoms with Crippen LogP contribution in [0.25, 0.3) is 0 Å². The molecular formula is C17H26N2O3. The number of rotatable bonds is 7. The highest BCUT2D eigenvalue weighted by Gasteiger charge is 2.14. The number of hydrogen-bond donors (Lipinski definition) is 2. The first-order valence-electron chi connectivity index (χ1n) is 7.36. The van der Waals surface area contributed by atoms with Gasteiger partial charge in [0, 0.05) is 19.6 Å². The minimum absolute atomic E-state index is 0.401. The highest BCUT2D eigenvalue weighted by Crippen LogP contribution is 2.11. The highest BCUT2D eigenvalue weighted by atomic mass is 16.6. The average Bonchev–Trinajstić information content (AvgIpc) is 2.44. The first-order valence-corrected chi connectivity index (χ1v) is 7.36. The molecule has 5 heteroatoms. The minimum Gasteiger partial charge on any atom is -0.497 e. The Labute approximate surface area is 132 Å². The SMILES string of the molecule is COc1cccc(CNC/C=C/CNC(=O)OC(C)(C)C)c1. The molecule has 0 saturated heterocycles. The fraction of sp³-hybridized carbons (Fsp3) is 0.471. The minimum atomic E-state index is -0.466. The predicted molar refractivity (Wildman–Crippen MR) is 88.1 cm³/mol. The van der Waals surface area contributed by atoms with Gasteiger partial charge < -0.3 is 20.1 Å². The lowest BCUT2D eigenvalue weighted by atomic mass is 10.2. The van der Waals surface area contributed by atoms with Gasteiger partial charge in [-0.1, -0.05) is 24.3 Å². The van der Waals surface area contributed by atoms with E-state index in [1.165, 1.54) is 5.56 Å². The number of benzene rings is 1. The van der Waals surface area contributed by atoms with Crippen molar-refractivity contribution in [2.45, 2.75) is 32.9 Å². The molecule has 0 aliphatic carbocycles. The topological polar surface area (TPSA) is 59.6 Å². The maximum absolute atomic E-state index is 11.4. The third-order valence-corrected chi connectivity index (χ3v) is 2.66. The summed E-state index contributed by atoms with van der Waals surface area (Å²) >= 11 is 0. The largest absolute Gasteiger partial charge is 0.497 e. The van der Waals surface area contributed by atoms with E-state index in [0.29, 0.717) is 6.54 Å². The monoisotopic (exact) mass is 306 g/mol. The Kier molecular flexibility index (Phi) is 7.46. The fourth-order valence-electron chi connectivity index (χ4n) is 1.71. The Morgan fingerprint density at radius 2 is 1.95 bits per heavy atom. The molecule has 0 atom stereocenters. The predicted octanol–water partition coefficient (Wildman–Crippen LogP) is 2.87. The van der Waals surface area contributed by atoms with Crippen LogP contribution in [0.15, 0.2) is 36.4 Å². The van der Waals surface area contributed by atoms with Gasteiger partial charge in [0.1, 0.15) is 11.4 Å². The molecule has 0 unspecified atom stereocenters. The molecule has 0 aliphatic heterocycles. The van der Waals surface area contributed by atoms with E-state index >= 15 is 0 Å². The maximum atomic E-state index is 11.4. The van der Waals surface area contributed by atoms with Crippen molar-refractivity contribution < 1.29 is 14.3 Å². The molecule has 0 heterocycles. The Morgan fingerprint density at radius 1 is 1.23 bits per heavy atom. The smallest absolute Gasteiger partial charge is 0.407 e. The average molecular weight is 306 g/mol. The normalized spacial score (nSPS) is 11.5. The summed E-state index contributed by atoms with van der Waals surface area (Å²) in [4.78, 5) is 11.4. The molecule has 122 valence electrons. The first-order chi connectivity index (χ1) is 10.4. The van der Waals surface area contributed by atoms with Gasteiger partial charge in [0.25, 0.3) is 0 Å². The number of methoxy groups -OCH3 is 1. The molecule has 1 rings (SSSR count). The van der Waals surface area contributed by atoms with Crippen LogP contribution in [0.2, 0.25) is 0 Å². The molecular weight excluding hydrogens is 280 g/mol. The number of carbonyl (C=O) groups is 1. The molecule has 1 amide bonds.